The van der Waals surface area contributed by atoms with Crippen LogP contribution in [0.5, 0.6) is 0 Å². The summed E-state index contributed by atoms with van der Waals surface area (Å²) in [4.78, 5) is 0. The Bertz CT molecular complexity index is 178. The Morgan fingerprint density at radius 3 is 2.60 bits per heavy atom. The first-order valence-corrected chi connectivity index (χ1v) is 3.24. The molecule has 0 aliphatic rings. The Labute approximate surface area is 60.6 Å². The molecule has 0 heterocycles. The van der Waals surface area contributed by atoms with Crippen LogP contribution in [0.3, 0.4) is 0 Å². The lowest BCUT2D eigenvalue weighted by molar-refractivity contribution is 0.794. The summed E-state index contributed by atoms with van der Waals surface area (Å²) in [5, 5.41) is 2.60. The van der Waals surface area contributed by atoms with E-state index >= 15 is 0 Å². The minimum absolute atomic E-state index is 0.463. The monoisotopic (exact) mass is 137 g/mol. The summed E-state index contributed by atoms with van der Waals surface area (Å²) in [6, 6.07) is 9.74. The lowest BCUT2D eigenvalue weighted by Gasteiger charge is -1.97. The van der Waals surface area contributed by atoms with Gasteiger partial charge >= 0.3 is 7.69 Å². The van der Waals surface area contributed by atoms with E-state index in [4.69, 9.17) is 0 Å². The van der Waals surface area contributed by atoms with Gasteiger partial charge in [-0.15, -0.1) is 0 Å². The Morgan fingerprint density at radius 2 is 2.00 bits per heavy atom. The van der Waals surface area contributed by atoms with Crippen LogP contribution in [0.1, 0.15) is 5.56 Å². The molecule has 0 spiro atoms. The minimum Gasteiger partial charge on any atom is -0.326 e. The van der Waals surface area contributed by atoms with Gasteiger partial charge in [0.15, 0.2) is 0 Å². The molecular formula is C7H9BFN. The fraction of sp³-hybridized carbons (Fsp3) is 0.143. The Balaban J connectivity index is 2.43. The van der Waals surface area contributed by atoms with Gasteiger partial charge in [0.2, 0.25) is 0 Å². The minimum atomic E-state index is -0.463. The zero-order valence-electron chi connectivity index (χ0n) is 5.68. The Morgan fingerprint density at radius 1 is 1.30 bits per heavy atom. The number of nitrogens with one attached hydrogen (secondary N) is 1. The van der Waals surface area contributed by atoms with Crippen LogP contribution in [0, 0.1) is 0 Å². The highest BCUT2D eigenvalue weighted by Gasteiger charge is 1.88. The molecule has 1 N–H and O–H groups in total. The molecule has 1 nitrogen and oxygen atoms in total. The van der Waals surface area contributed by atoms with Crippen molar-refractivity contribution in [2.75, 3.05) is 0 Å². The molecule has 0 aliphatic heterocycles. The van der Waals surface area contributed by atoms with Crippen molar-refractivity contribution in [2.45, 2.75) is 6.54 Å². The molecule has 0 saturated carbocycles. The van der Waals surface area contributed by atoms with Crippen LogP contribution in [-0.2, 0) is 6.54 Å². The molecule has 1 rings (SSSR count). The molecule has 0 atom stereocenters. The van der Waals surface area contributed by atoms with Gasteiger partial charge in [-0.2, -0.15) is 0 Å². The second-order valence-corrected chi connectivity index (χ2v) is 2.05. The van der Waals surface area contributed by atoms with Crippen LogP contribution in [0.25, 0.3) is 0 Å². The van der Waals surface area contributed by atoms with E-state index in [1.54, 1.807) is 0 Å². The maximum Gasteiger partial charge on any atom is 0.412 e. The molecule has 1 aromatic rings. The normalized spacial score (nSPS) is 9.30. The number of benzene rings is 1. The van der Waals surface area contributed by atoms with Gasteiger partial charge in [0, 0.05) is 6.54 Å². The summed E-state index contributed by atoms with van der Waals surface area (Å²) in [6.45, 7) is 0.608. The van der Waals surface area contributed by atoms with Crippen molar-refractivity contribution in [2.24, 2.45) is 0 Å². The fourth-order valence-corrected chi connectivity index (χ4v) is 0.787. The van der Waals surface area contributed by atoms with Crippen molar-refractivity contribution in [1.82, 2.24) is 5.23 Å². The zero-order valence-corrected chi connectivity index (χ0v) is 5.68. The number of rotatable bonds is 3. The van der Waals surface area contributed by atoms with E-state index in [0.29, 0.717) is 6.54 Å². The molecule has 0 aromatic heterocycles. The molecule has 0 saturated heterocycles. The summed E-state index contributed by atoms with van der Waals surface area (Å²) in [6.07, 6.45) is 0. The van der Waals surface area contributed by atoms with Crippen LogP contribution in [0.15, 0.2) is 30.3 Å². The molecular weight excluding hydrogens is 128 g/mol. The number of hydrogen-bond acceptors (Lipinski definition) is 1. The predicted molar refractivity (Wildman–Crippen MR) is 41.5 cm³/mol. The number of hydrogen-bond donors (Lipinski definition) is 1. The lowest BCUT2D eigenvalue weighted by atomic mass is 10.2. The Hall–Kier alpha value is -0.825. The van der Waals surface area contributed by atoms with Gasteiger partial charge in [-0.05, 0) is 5.56 Å². The van der Waals surface area contributed by atoms with Gasteiger partial charge < -0.3 is 9.54 Å². The van der Waals surface area contributed by atoms with Crippen molar-refractivity contribution >= 4 is 7.69 Å². The van der Waals surface area contributed by atoms with E-state index < -0.39 is 7.69 Å². The molecule has 0 radical (unpaired) electrons. The van der Waals surface area contributed by atoms with Crippen molar-refractivity contribution in [3.05, 3.63) is 35.9 Å². The summed E-state index contributed by atoms with van der Waals surface area (Å²) in [5.41, 5.74) is 1.11. The molecule has 1 aromatic carbocycles. The fourth-order valence-electron chi connectivity index (χ4n) is 0.787. The Kier molecular flexibility index (Phi) is 2.96. The van der Waals surface area contributed by atoms with Crippen molar-refractivity contribution in [3.63, 3.8) is 0 Å². The van der Waals surface area contributed by atoms with E-state index in [1.165, 1.54) is 0 Å². The van der Waals surface area contributed by atoms with Gasteiger partial charge in [-0.1, -0.05) is 30.3 Å². The average molecular weight is 137 g/mol. The quantitative estimate of drug-likeness (QED) is 0.613. The van der Waals surface area contributed by atoms with E-state index in [1.807, 2.05) is 30.3 Å². The van der Waals surface area contributed by atoms with Gasteiger partial charge in [0.25, 0.3) is 0 Å². The average Bonchev–Trinajstić information content (AvgIpc) is 2.03. The first kappa shape index (κ1) is 7.28. The lowest BCUT2D eigenvalue weighted by Crippen LogP contribution is -2.13. The topological polar surface area (TPSA) is 12.0 Å². The van der Waals surface area contributed by atoms with E-state index in [0.717, 1.165) is 5.56 Å². The molecule has 52 valence electrons. The van der Waals surface area contributed by atoms with Crippen LogP contribution in [-0.4, -0.2) is 7.69 Å². The largest absolute Gasteiger partial charge is 0.412 e. The first-order chi connectivity index (χ1) is 4.93. The van der Waals surface area contributed by atoms with Crippen molar-refractivity contribution in [1.29, 1.82) is 0 Å². The highest BCUT2D eigenvalue weighted by molar-refractivity contribution is 6.22. The second kappa shape index (κ2) is 4.06. The summed E-state index contributed by atoms with van der Waals surface area (Å²) in [5.74, 6) is 0. The molecule has 0 aliphatic carbocycles. The van der Waals surface area contributed by atoms with E-state index in [9.17, 15) is 4.32 Å². The third kappa shape index (κ3) is 2.19. The zero-order chi connectivity index (χ0) is 7.23. The standard InChI is InChI=1S/C7H9BFN/c9-8-10-6-7-4-2-1-3-5-7/h1-5,8,10H,6H2. The molecule has 3 heteroatoms. The van der Waals surface area contributed by atoms with Crippen molar-refractivity contribution in [3.8, 4) is 0 Å². The summed E-state index contributed by atoms with van der Waals surface area (Å²) < 4.78 is 11.6. The highest BCUT2D eigenvalue weighted by Crippen LogP contribution is 1.95. The molecule has 10 heavy (non-hydrogen) atoms. The summed E-state index contributed by atoms with van der Waals surface area (Å²) >= 11 is 0. The highest BCUT2D eigenvalue weighted by atomic mass is 19.1. The van der Waals surface area contributed by atoms with Gasteiger partial charge in [-0.25, -0.2) is 0 Å². The molecule has 0 fully saturated rings. The first-order valence-electron chi connectivity index (χ1n) is 3.24. The maximum absolute atomic E-state index is 11.6. The van der Waals surface area contributed by atoms with Gasteiger partial charge in [0.05, 0.1) is 0 Å². The van der Waals surface area contributed by atoms with Crippen LogP contribution >= 0.6 is 0 Å². The van der Waals surface area contributed by atoms with E-state index in [-0.39, 0.29) is 0 Å². The molecule has 0 amide bonds. The predicted octanol–water partition coefficient (Wildman–Crippen LogP) is 1.01. The SMILES string of the molecule is FBNCc1ccccc1. The van der Waals surface area contributed by atoms with Crippen molar-refractivity contribution < 1.29 is 4.32 Å². The van der Waals surface area contributed by atoms with Crippen LogP contribution < -0.4 is 5.23 Å². The maximum atomic E-state index is 11.6. The number of halogens is 1. The van der Waals surface area contributed by atoms with Gasteiger partial charge in [-0.3, -0.25) is 0 Å². The third-order valence-electron chi connectivity index (χ3n) is 1.27. The smallest absolute Gasteiger partial charge is 0.326 e. The van der Waals surface area contributed by atoms with Crippen LogP contribution in [0.2, 0.25) is 0 Å². The summed E-state index contributed by atoms with van der Waals surface area (Å²) in [7, 11) is -0.463. The van der Waals surface area contributed by atoms with E-state index in [2.05, 4.69) is 5.23 Å². The third-order valence-corrected chi connectivity index (χ3v) is 1.27. The molecule has 0 unspecified atom stereocenters. The van der Waals surface area contributed by atoms with Gasteiger partial charge in [0.1, 0.15) is 0 Å². The van der Waals surface area contributed by atoms with Crippen LogP contribution in [0.4, 0.5) is 4.32 Å². The molecule has 0 bridgehead atoms. The second-order valence-electron chi connectivity index (χ2n) is 2.05.